The van der Waals surface area contributed by atoms with Crippen molar-refractivity contribution in [1.82, 2.24) is 0 Å². The van der Waals surface area contributed by atoms with Gasteiger partial charge in [-0.3, -0.25) is 9.59 Å². The van der Waals surface area contributed by atoms with Crippen LogP contribution in [0.4, 0.5) is 0 Å². The van der Waals surface area contributed by atoms with E-state index in [4.69, 9.17) is 9.47 Å². The van der Waals surface area contributed by atoms with Crippen LogP contribution in [0.2, 0.25) is 0 Å². The smallest absolute Gasteiger partial charge is 0.308 e. The number of carbonyl (C=O) groups excluding carboxylic acids is 2. The molecule has 0 radical (unpaired) electrons. The van der Waals surface area contributed by atoms with Gasteiger partial charge >= 0.3 is 11.9 Å². The minimum atomic E-state index is -0.377. The van der Waals surface area contributed by atoms with Crippen molar-refractivity contribution >= 4 is 22.7 Å². The highest BCUT2D eigenvalue weighted by molar-refractivity contribution is 5.98. The Morgan fingerprint density at radius 2 is 0.889 bits per heavy atom. The van der Waals surface area contributed by atoms with Crippen molar-refractivity contribution in [2.75, 3.05) is 0 Å². The molecule has 0 saturated carbocycles. The summed E-state index contributed by atoms with van der Waals surface area (Å²) in [5.74, 6) is 1.12. The van der Waals surface area contributed by atoms with Crippen LogP contribution in [0.3, 0.4) is 0 Å². The van der Waals surface area contributed by atoms with Crippen molar-refractivity contribution in [1.29, 1.82) is 0 Å². The Morgan fingerprint density at radius 1 is 0.537 bits per heavy atom. The van der Waals surface area contributed by atoms with Crippen LogP contribution in [-0.4, -0.2) is 11.9 Å². The molecular formula is C50H72O4. The fourth-order valence-corrected chi connectivity index (χ4v) is 6.74. The molecule has 0 saturated heterocycles. The Balaban J connectivity index is 1.80. The number of rotatable bonds is 23. The molecular weight excluding hydrogens is 665 g/mol. The zero-order chi connectivity index (χ0) is 40.0. The van der Waals surface area contributed by atoms with Crippen LogP contribution < -0.4 is 9.47 Å². The SMILES string of the molecule is CC(=O)Oc1c(C)c(C/C=C(\C)CC/C=C(\C)CC/C=C(\C)CC/C=C(\C)CC/C=C(\C)CC/C=C(\C)CCCC(C)C)c(OC(C)=O)c2ccccc12. The van der Waals surface area contributed by atoms with Gasteiger partial charge in [0.2, 0.25) is 0 Å². The van der Waals surface area contributed by atoms with Gasteiger partial charge in [0.05, 0.1) is 0 Å². The van der Waals surface area contributed by atoms with E-state index in [1.54, 1.807) is 5.57 Å². The molecule has 2 aromatic rings. The summed E-state index contributed by atoms with van der Waals surface area (Å²) in [6.07, 6.45) is 29.7. The van der Waals surface area contributed by atoms with Crippen LogP contribution in [0.1, 0.15) is 164 Å². The van der Waals surface area contributed by atoms with Crippen molar-refractivity contribution < 1.29 is 19.1 Å². The number of ether oxygens (including phenoxy) is 2. The van der Waals surface area contributed by atoms with Gasteiger partial charge in [0, 0.05) is 30.2 Å². The van der Waals surface area contributed by atoms with Gasteiger partial charge in [0.1, 0.15) is 11.5 Å². The molecule has 0 aliphatic carbocycles. The number of allylic oxidation sites excluding steroid dienone is 12. The molecule has 296 valence electrons. The lowest BCUT2D eigenvalue weighted by atomic mass is 9.95. The predicted molar refractivity (Wildman–Crippen MR) is 232 cm³/mol. The quantitative estimate of drug-likeness (QED) is 0.0647. The first kappa shape index (κ1) is 46.2. The van der Waals surface area contributed by atoms with Crippen LogP contribution in [0.5, 0.6) is 11.5 Å². The molecule has 4 heteroatoms. The zero-order valence-electron chi connectivity index (χ0n) is 35.9. The molecule has 54 heavy (non-hydrogen) atoms. The third kappa shape index (κ3) is 18.4. The van der Waals surface area contributed by atoms with Gasteiger partial charge in [-0.05, 0) is 143 Å². The lowest BCUT2D eigenvalue weighted by Gasteiger charge is -2.18. The maximum atomic E-state index is 12.1. The normalized spacial score (nSPS) is 13.6. The molecule has 0 spiro atoms. The van der Waals surface area contributed by atoms with E-state index in [-0.39, 0.29) is 11.9 Å². The van der Waals surface area contributed by atoms with E-state index in [1.807, 2.05) is 31.2 Å². The summed E-state index contributed by atoms with van der Waals surface area (Å²) in [6, 6.07) is 7.58. The first-order valence-corrected chi connectivity index (χ1v) is 20.5. The van der Waals surface area contributed by atoms with Gasteiger partial charge in [-0.15, -0.1) is 0 Å². The van der Waals surface area contributed by atoms with E-state index in [0.29, 0.717) is 17.9 Å². The van der Waals surface area contributed by atoms with E-state index in [2.05, 4.69) is 91.8 Å². The number of hydrogen-bond donors (Lipinski definition) is 0. The van der Waals surface area contributed by atoms with Crippen molar-refractivity contribution in [3.05, 3.63) is 105 Å². The molecule has 2 aromatic carbocycles. The van der Waals surface area contributed by atoms with Gasteiger partial charge < -0.3 is 9.47 Å². The zero-order valence-corrected chi connectivity index (χ0v) is 35.9. The molecule has 0 aliphatic heterocycles. The molecule has 0 atom stereocenters. The molecule has 0 unspecified atom stereocenters. The third-order valence-corrected chi connectivity index (χ3v) is 10.1. The monoisotopic (exact) mass is 737 g/mol. The summed E-state index contributed by atoms with van der Waals surface area (Å²) < 4.78 is 11.4. The molecule has 0 fully saturated rings. The first-order valence-electron chi connectivity index (χ1n) is 20.5. The molecule has 0 aliphatic rings. The standard InChI is InChI=1S/C50H72O4/c1-36(2)20-14-21-37(3)22-15-23-38(4)24-16-25-39(5)26-17-27-40(6)28-18-29-41(7)30-19-31-42(8)34-35-46-43(9)49(53-44(10)51)47-32-12-13-33-48(47)50(46)54-45(11)52/h12-13,22,24,26,28,30,32-34,36H,14-21,23,25,27,29,31,35H2,1-11H3/b37-22+,38-24+,39-26+,40-28+,41-30+,42-34+. The maximum absolute atomic E-state index is 12.1. The average molecular weight is 737 g/mol. The van der Waals surface area contributed by atoms with Crippen LogP contribution in [0, 0.1) is 12.8 Å². The lowest BCUT2D eigenvalue weighted by molar-refractivity contribution is -0.133. The second-order valence-electron chi connectivity index (χ2n) is 16.0. The highest BCUT2D eigenvalue weighted by Crippen LogP contribution is 2.41. The Hall–Kier alpha value is -3.92. The Labute approximate surface area is 329 Å². The number of carbonyl (C=O) groups is 2. The molecule has 0 heterocycles. The van der Waals surface area contributed by atoms with Crippen molar-refractivity contribution in [3.63, 3.8) is 0 Å². The largest absolute Gasteiger partial charge is 0.426 e. The van der Waals surface area contributed by atoms with Crippen molar-refractivity contribution in [3.8, 4) is 11.5 Å². The summed E-state index contributed by atoms with van der Waals surface area (Å²) in [5.41, 5.74) is 10.4. The van der Waals surface area contributed by atoms with Gasteiger partial charge in [-0.2, -0.15) is 0 Å². The number of esters is 2. The maximum Gasteiger partial charge on any atom is 0.308 e. The Bertz CT molecular complexity index is 1710. The van der Waals surface area contributed by atoms with Gasteiger partial charge in [0.15, 0.2) is 0 Å². The first-order chi connectivity index (χ1) is 25.7. The lowest BCUT2D eigenvalue weighted by Crippen LogP contribution is -2.09. The minimum absolute atomic E-state index is 0.374. The Morgan fingerprint density at radius 3 is 1.28 bits per heavy atom. The van der Waals surface area contributed by atoms with Crippen LogP contribution >= 0.6 is 0 Å². The van der Waals surface area contributed by atoms with Crippen LogP contribution in [-0.2, 0) is 16.0 Å². The van der Waals surface area contributed by atoms with Gasteiger partial charge in [-0.1, -0.05) is 114 Å². The average Bonchev–Trinajstić information content (AvgIpc) is 3.09. The summed E-state index contributed by atoms with van der Waals surface area (Å²) in [7, 11) is 0. The second kappa shape index (κ2) is 25.2. The fourth-order valence-electron chi connectivity index (χ4n) is 6.74. The highest BCUT2D eigenvalue weighted by atomic mass is 16.5. The van der Waals surface area contributed by atoms with E-state index in [1.165, 1.54) is 73.8 Å². The summed E-state index contributed by atoms with van der Waals surface area (Å²) >= 11 is 0. The van der Waals surface area contributed by atoms with E-state index in [9.17, 15) is 9.59 Å². The summed E-state index contributed by atoms with van der Waals surface area (Å²) in [4.78, 5) is 24.0. The molecule has 0 amide bonds. The summed E-state index contributed by atoms with van der Waals surface area (Å²) in [6.45, 7) is 22.9. The van der Waals surface area contributed by atoms with Gasteiger partial charge in [0.25, 0.3) is 0 Å². The molecule has 0 aromatic heterocycles. The van der Waals surface area contributed by atoms with Gasteiger partial charge in [-0.25, -0.2) is 0 Å². The molecule has 4 nitrogen and oxygen atoms in total. The Kier molecular flexibility index (Phi) is 21.6. The van der Waals surface area contributed by atoms with Crippen LogP contribution in [0.25, 0.3) is 10.8 Å². The topological polar surface area (TPSA) is 52.6 Å². The van der Waals surface area contributed by atoms with E-state index >= 15 is 0 Å². The highest BCUT2D eigenvalue weighted by Gasteiger charge is 2.20. The van der Waals surface area contributed by atoms with Crippen LogP contribution in [0.15, 0.2) is 94.2 Å². The summed E-state index contributed by atoms with van der Waals surface area (Å²) in [5, 5.41) is 1.51. The number of fused-ring (bicyclic) bond motifs is 1. The molecule has 0 N–H and O–H groups in total. The predicted octanol–water partition coefficient (Wildman–Crippen LogP) is 14.9. The fraction of sp³-hybridized carbons (Fsp3) is 0.520. The minimum Gasteiger partial charge on any atom is -0.426 e. The molecule has 0 bridgehead atoms. The van der Waals surface area contributed by atoms with E-state index < -0.39 is 0 Å². The number of benzene rings is 2. The van der Waals surface area contributed by atoms with Crippen molar-refractivity contribution in [2.24, 2.45) is 5.92 Å². The number of hydrogen-bond acceptors (Lipinski definition) is 4. The third-order valence-electron chi connectivity index (χ3n) is 10.1. The molecule has 2 rings (SSSR count). The van der Waals surface area contributed by atoms with Crippen molar-refractivity contribution in [2.45, 2.75) is 166 Å². The second-order valence-corrected chi connectivity index (χ2v) is 16.0. The van der Waals surface area contributed by atoms with E-state index in [0.717, 1.165) is 79.2 Å².